The molecule has 0 fully saturated rings. The molecule has 0 aliphatic heterocycles. The molecule has 0 radical (unpaired) electrons. The molecule has 1 unspecified atom stereocenters. The minimum absolute atomic E-state index is 1.26. The second kappa shape index (κ2) is 4.16. The molecular formula is C14H15P. The van der Waals surface area contributed by atoms with Crippen LogP contribution in [0, 0.1) is 13.8 Å². The van der Waals surface area contributed by atoms with E-state index in [0.717, 1.165) is 0 Å². The van der Waals surface area contributed by atoms with E-state index in [1.165, 1.54) is 27.6 Å². The minimum atomic E-state index is 1.26. The SMILES string of the molecule is Cc1ccc(-c2ccc(C)cc2P)cc1. The topological polar surface area (TPSA) is 0 Å². The average Bonchev–Trinajstić information content (AvgIpc) is 2.20. The van der Waals surface area contributed by atoms with Gasteiger partial charge >= 0.3 is 0 Å². The van der Waals surface area contributed by atoms with Crippen molar-refractivity contribution in [2.75, 3.05) is 0 Å². The molecule has 15 heavy (non-hydrogen) atoms. The van der Waals surface area contributed by atoms with Crippen LogP contribution in [-0.2, 0) is 0 Å². The lowest BCUT2D eigenvalue weighted by atomic mass is 10.0. The van der Waals surface area contributed by atoms with Gasteiger partial charge in [-0.3, -0.25) is 0 Å². The van der Waals surface area contributed by atoms with Gasteiger partial charge in [-0.15, -0.1) is 9.24 Å². The van der Waals surface area contributed by atoms with Gasteiger partial charge in [-0.05, 0) is 30.3 Å². The van der Waals surface area contributed by atoms with E-state index in [1.807, 2.05) is 0 Å². The Kier molecular flexibility index (Phi) is 2.88. The Morgan fingerprint density at radius 2 is 1.40 bits per heavy atom. The van der Waals surface area contributed by atoms with E-state index in [0.29, 0.717) is 0 Å². The quantitative estimate of drug-likeness (QED) is 0.638. The van der Waals surface area contributed by atoms with Crippen molar-refractivity contribution in [2.24, 2.45) is 0 Å². The predicted octanol–water partition coefficient (Wildman–Crippen LogP) is 3.47. The van der Waals surface area contributed by atoms with Gasteiger partial charge in [-0.2, -0.15) is 0 Å². The van der Waals surface area contributed by atoms with Gasteiger partial charge in [0.2, 0.25) is 0 Å². The third-order valence-corrected chi connectivity index (χ3v) is 3.05. The van der Waals surface area contributed by atoms with Crippen LogP contribution in [0.5, 0.6) is 0 Å². The zero-order valence-electron chi connectivity index (χ0n) is 9.12. The van der Waals surface area contributed by atoms with Crippen LogP contribution in [0.1, 0.15) is 11.1 Å². The molecule has 2 rings (SSSR count). The maximum absolute atomic E-state index is 2.81. The Hall–Kier alpha value is -1.13. The van der Waals surface area contributed by atoms with E-state index in [-0.39, 0.29) is 0 Å². The van der Waals surface area contributed by atoms with Crippen molar-refractivity contribution < 1.29 is 0 Å². The third kappa shape index (κ3) is 2.27. The Morgan fingerprint density at radius 3 is 2.00 bits per heavy atom. The van der Waals surface area contributed by atoms with Gasteiger partial charge in [-0.25, -0.2) is 0 Å². The number of benzene rings is 2. The predicted molar refractivity (Wildman–Crippen MR) is 70.7 cm³/mol. The van der Waals surface area contributed by atoms with E-state index >= 15 is 0 Å². The summed E-state index contributed by atoms with van der Waals surface area (Å²) in [5.74, 6) is 0. The van der Waals surface area contributed by atoms with Crippen LogP contribution in [0.2, 0.25) is 0 Å². The Morgan fingerprint density at radius 1 is 0.800 bits per heavy atom. The fourth-order valence-electron chi connectivity index (χ4n) is 1.68. The highest BCUT2D eigenvalue weighted by atomic mass is 31.0. The second-order valence-electron chi connectivity index (χ2n) is 3.96. The van der Waals surface area contributed by atoms with Gasteiger partial charge in [0.15, 0.2) is 0 Å². The molecule has 1 atom stereocenters. The Labute approximate surface area is 93.5 Å². The summed E-state index contributed by atoms with van der Waals surface area (Å²) >= 11 is 0. The summed E-state index contributed by atoms with van der Waals surface area (Å²) in [6, 6.07) is 15.2. The maximum Gasteiger partial charge on any atom is -0.0112 e. The fraction of sp³-hybridized carbons (Fsp3) is 0.143. The fourth-order valence-corrected chi connectivity index (χ4v) is 2.20. The summed E-state index contributed by atoms with van der Waals surface area (Å²) in [5.41, 5.74) is 5.18. The summed E-state index contributed by atoms with van der Waals surface area (Å²) in [7, 11) is 2.81. The first-order valence-electron chi connectivity index (χ1n) is 5.10. The average molecular weight is 214 g/mol. The van der Waals surface area contributed by atoms with Crippen molar-refractivity contribution in [1.82, 2.24) is 0 Å². The second-order valence-corrected chi connectivity index (χ2v) is 4.58. The molecule has 1 heteroatoms. The highest BCUT2D eigenvalue weighted by Gasteiger charge is 2.01. The molecule has 0 bridgehead atoms. The molecule has 0 heterocycles. The molecule has 76 valence electrons. The lowest BCUT2D eigenvalue weighted by Crippen LogP contribution is -1.97. The molecule has 2 aromatic carbocycles. The van der Waals surface area contributed by atoms with Crippen molar-refractivity contribution in [3.63, 3.8) is 0 Å². The lowest BCUT2D eigenvalue weighted by Gasteiger charge is -2.07. The van der Waals surface area contributed by atoms with Crippen molar-refractivity contribution >= 4 is 14.5 Å². The van der Waals surface area contributed by atoms with E-state index in [4.69, 9.17) is 0 Å². The molecule has 0 aliphatic carbocycles. The Balaban J connectivity index is 2.49. The van der Waals surface area contributed by atoms with Crippen LogP contribution >= 0.6 is 9.24 Å². The van der Waals surface area contributed by atoms with Gasteiger partial charge in [0.1, 0.15) is 0 Å². The first-order chi connectivity index (χ1) is 7.16. The molecule has 0 N–H and O–H groups in total. The van der Waals surface area contributed by atoms with Crippen LogP contribution < -0.4 is 5.30 Å². The molecule has 0 nitrogen and oxygen atoms in total. The van der Waals surface area contributed by atoms with Crippen LogP contribution in [0.15, 0.2) is 42.5 Å². The number of hydrogen-bond acceptors (Lipinski definition) is 0. The summed E-state index contributed by atoms with van der Waals surface area (Å²) < 4.78 is 0. The Bertz CT molecular complexity index is 469. The largest absolute Gasteiger partial charge is 0.105 e. The molecule has 0 amide bonds. The van der Waals surface area contributed by atoms with E-state index < -0.39 is 0 Å². The summed E-state index contributed by atoms with van der Waals surface area (Å²) in [5, 5.41) is 1.26. The van der Waals surface area contributed by atoms with Crippen molar-refractivity contribution in [1.29, 1.82) is 0 Å². The molecule has 0 saturated heterocycles. The van der Waals surface area contributed by atoms with E-state index in [9.17, 15) is 0 Å². The van der Waals surface area contributed by atoms with Gasteiger partial charge in [0.25, 0.3) is 0 Å². The van der Waals surface area contributed by atoms with E-state index in [1.54, 1.807) is 0 Å². The number of aryl methyl sites for hydroxylation is 2. The number of rotatable bonds is 1. The van der Waals surface area contributed by atoms with Crippen LogP contribution in [0.25, 0.3) is 11.1 Å². The molecule has 2 aromatic rings. The molecule has 0 saturated carbocycles. The van der Waals surface area contributed by atoms with Gasteiger partial charge in [0, 0.05) is 0 Å². The van der Waals surface area contributed by atoms with Crippen LogP contribution in [0.3, 0.4) is 0 Å². The summed E-state index contributed by atoms with van der Waals surface area (Å²) in [6.07, 6.45) is 0. The highest BCUT2D eigenvalue weighted by molar-refractivity contribution is 7.28. The first kappa shape index (κ1) is 10.4. The van der Waals surface area contributed by atoms with Gasteiger partial charge in [-0.1, -0.05) is 53.6 Å². The number of hydrogen-bond donors (Lipinski definition) is 0. The monoisotopic (exact) mass is 214 g/mol. The summed E-state index contributed by atoms with van der Waals surface area (Å²) in [4.78, 5) is 0. The summed E-state index contributed by atoms with van der Waals surface area (Å²) in [6.45, 7) is 4.23. The van der Waals surface area contributed by atoms with Crippen molar-refractivity contribution in [3.8, 4) is 11.1 Å². The van der Waals surface area contributed by atoms with E-state index in [2.05, 4.69) is 65.6 Å². The van der Waals surface area contributed by atoms with Crippen molar-refractivity contribution in [2.45, 2.75) is 13.8 Å². The van der Waals surface area contributed by atoms with Gasteiger partial charge in [0.05, 0.1) is 0 Å². The molecule has 0 aliphatic rings. The lowest BCUT2D eigenvalue weighted by molar-refractivity contribution is 1.46. The minimum Gasteiger partial charge on any atom is -0.105 e. The van der Waals surface area contributed by atoms with Gasteiger partial charge < -0.3 is 0 Å². The smallest absolute Gasteiger partial charge is 0.0112 e. The maximum atomic E-state index is 2.81. The third-order valence-electron chi connectivity index (χ3n) is 2.57. The van der Waals surface area contributed by atoms with Crippen LogP contribution in [0.4, 0.5) is 0 Å². The van der Waals surface area contributed by atoms with Crippen LogP contribution in [-0.4, -0.2) is 0 Å². The zero-order chi connectivity index (χ0) is 10.8. The van der Waals surface area contributed by atoms with Crippen molar-refractivity contribution in [3.05, 3.63) is 53.6 Å². The molecule has 0 spiro atoms. The highest BCUT2D eigenvalue weighted by Crippen LogP contribution is 2.20. The molecule has 0 aromatic heterocycles. The standard InChI is InChI=1S/C14H15P/c1-10-3-6-12(7-4-10)13-8-5-11(2)9-14(13)15/h3-9H,15H2,1-2H3. The first-order valence-corrected chi connectivity index (χ1v) is 5.68. The molecular weight excluding hydrogens is 199 g/mol. The zero-order valence-corrected chi connectivity index (χ0v) is 10.3. The normalized spacial score (nSPS) is 10.3.